The molecule has 0 saturated carbocycles. The van der Waals surface area contributed by atoms with Crippen LogP contribution in [-0.2, 0) is 139 Å². The van der Waals surface area contributed by atoms with Crippen LogP contribution in [0.3, 0.4) is 0 Å². The fraction of sp³-hybridized carbons (Fsp3) is 0.826. The van der Waals surface area contributed by atoms with E-state index in [2.05, 4.69) is 50.9 Å². The van der Waals surface area contributed by atoms with E-state index in [9.17, 15) is 117 Å². The molecule has 45 nitrogen and oxygen atoms in total. The molecule has 0 radical (unpaired) electrons. The first-order valence-corrected chi connectivity index (χ1v) is 32.2. The van der Waals surface area contributed by atoms with E-state index in [1.807, 2.05) is 0 Å². The Morgan fingerprint density at radius 1 is 0.484 bits per heavy atom. The van der Waals surface area contributed by atoms with Gasteiger partial charge in [-0.05, 0) is 0 Å². The maximum absolute atomic E-state index is 12.1. The van der Waals surface area contributed by atoms with E-state index >= 15 is 0 Å². The Hall–Kier alpha value is -4.20. The van der Waals surface area contributed by atoms with Gasteiger partial charge >= 0.3 is 0 Å². The Morgan fingerprint density at radius 2 is 0.811 bits per heavy atom. The molecule has 0 spiro atoms. The van der Waals surface area contributed by atoms with E-state index in [0.29, 0.717) is 0 Å². The second-order valence-electron chi connectivity index (χ2n) is 20.5. The minimum atomic E-state index is -5.28. The van der Waals surface area contributed by atoms with Crippen molar-refractivity contribution in [1.29, 1.82) is 0 Å². The van der Waals surface area contributed by atoms with Crippen LogP contribution in [0.5, 0.6) is 0 Å². The maximum Gasteiger partial charge on any atom is 0.217 e. The molecule has 0 aromatic carbocycles. The van der Waals surface area contributed by atoms with E-state index < -0.39 is 251 Å². The molecule has 0 bridgehead atoms. The number of oxime groups is 1. The van der Waals surface area contributed by atoms with Gasteiger partial charge in [-0.2, -0.15) is 0 Å². The predicted molar refractivity (Wildman–Crippen MR) is 280 cm³/mol. The summed E-state index contributed by atoms with van der Waals surface area (Å²) in [5.74, 6) is 2.56. The normalized spacial score (nSPS) is 39.3. The summed E-state index contributed by atoms with van der Waals surface area (Å²) in [6, 6.07) is 0. The Balaban J connectivity index is 0.000000378. The van der Waals surface area contributed by atoms with Gasteiger partial charge in [-0.15, -0.1) is 12.8 Å². The van der Waals surface area contributed by atoms with Gasteiger partial charge in [0.2, 0.25) is 41.6 Å². The van der Waals surface area contributed by atoms with Crippen LogP contribution in [0.2, 0.25) is 0 Å². The summed E-state index contributed by atoms with van der Waals surface area (Å²) >= 11 is 0. The number of nitrogens with two attached hydrogens (primary N) is 1. The first kappa shape index (κ1) is 83.2. The molecule has 95 heavy (non-hydrogen) atoms. The molecule has 0 aromatic rings. The van der Waals surface area contributed by atoms with Crippen molar-refractivity contribution in [2.45, 2.75) is 173 Å². The van der Waals surface area contributed by atoms with Crippen LogP contribution in [0.1, 0.15) is 13.8 Å². The van der Waals surface area contributed by atoms with Gasteiger partial charge in [0.1, 0.15) is 129 Å². The molecule has 0 amide bonds. The second kappa shape index (κ2) is 36.8. The average molecular weight is 1460 g/mol. The lowest BCUT2D eigenvalue weighted by atomic mass is 9.91. The summed E-state index contributed by atoms with van der Waals surface area (Å²) in [4.78, 5) is 43.9. The van der Waals surface area contributed by atoms with Crippen molar-refractivity contribution >= 4 is 66.0 Å². The molecule has 6 heterocycles. The van der Waals surface area contributed by atoms with Crippen molar-refractivity contribution in [3.05, 3.63) is 0 Å². The van der Waals surface area contributed by atoms with Gasteiger partial charge in [-0.1, -0.05) is 30.8 Å². The van der Waals surface area contributed by atoms with Crippen molar-refractivity contribution < 1.29 is 201 Å². The van der Waals surface area contributed by atoms with Gasteiger partial charge in [-0.3, -0.25) is 21.6 Å². The number of ether oxygens (including phenoxy) is 12. The maximum atomic E-state index is 12.1. The minimum Gasteiger partial charge on any atom is -0.726 e. The largest absolute Gasteiger partial charge is 0.726 e. The van der Waals surface area contributed by atoms with Crippen LogP contribution in [0, 0.1) is 36.5 Å². The molecule has 6 saturated heterocycles. The average Bonchev–Trinajstić information content (AvgIpc) is 1.45. The molecule has 6 aliphatic rings. The number of aliphatic hydroxyl groups excluding tert-OH is 8. The number of aliphatic carboxylic acids is 2. The number of carbonyl (C=O) groups excluding carboxylic acids is 3. The van der Waals surface area contributed by atoms with E-state index in [4.69, 9.17) is 68.1 Å². The van der Waals surface area contributed by atoms with Gasteiger partial charge in [0.25, 0.3) is 0 Å². The van der Waals surface area contributed by atoms with Crippen molar-refractivity contribution in [2.24, 2.45) is 22.9 Å². The highest BCUT2D eigenvalue weighted by Crippen LogP contribution is 2.37. The zero-order valence-electron chi connectivity index (χ0n) is 49.2. The summed E-state index contributed by atoms with van der Waals surface area (Å²) in [7, 11) is -18.7. The third kappa shape index (κ3) is 24.0. The topological polar surface area (TPSA) is 692 Å². The number of rotatable bonds is 29. The van der Waals surface area contributed by atoms with Gasteiger partial charge in [-0.25, -0.2) is 39.6 Å². The van der Waals surface area contributed by atoms with Crippen LogP contribution >= 0.6 is 0 Å². The third-order valence-electron chi connectivity index (χ3n) is 14.2. The van der Waals surface area contributed by atoms with Crippen molar-refractivity contribution in [3.8, 4) is 24.7 Å². The smallest absolute Gasteiger partial charge is 0.217 e. The Kier molecular flexibility index (Phi) is 32.2. The summed E-state index contributed by atoms with van der Waals surface area (Å²) in [6.07, 6.45) is -36.1. The molecule has 49 heteroatoms. The quantitative estimate of drug-likeness (QED) is 0.00639. The van der Waals surface area contributed by atoms with E-state index in [0.717, 1.165) is 20.4 Å². The number of aldehydes is 1. The fourth-order valence-electron chi connectivity index (χ4n) is 9.67. The monoisotopic (exact) mass is 1460 g/mol. The highest BCUT2D eigenvalue weighted by molar-refractivity contribution is 7.81. The Bertz CT molecular complexity index is 3050. The molecule has 6 fully saturated rings. The SMILES string of the molecule is C#CCO/N=C\[C@@H]1O[C@H](COS(=O)(=O)[O-])C(O[C@@H]2OC(C(=O)[O-])[C@@H](O[C@H]3OC(COS(=O)(=O)[O-])[C@@H](OC)[C@H](O)C3C)[C@H](O)C2O)[C@@H]1O.C#CCON.CO[C@@H]1C(COS(=O)(=O)[O-])O[C@H](O[C@@H]2C(C(=O)[O-])O[C@@H](OC3[C@@H](COS(=O)(=O)[O-])O[C@@H](C=O)[C@H]3O)C(O)[C@H]2O)C(C)[C@H]1O. The molecule has 28 atom stereocenters. The van der Waals surface area contributed by atoms with Gasteiger partial charge in [0.15, 0.2) is 38.1 Å². The molecule has 6 aliphatic heterocycles. The molecule has 548 valence electrons. The number of carboxylic acids is 2. The second-order valence-corrected chi connectivity index (χ2v) is 24.7. The van der Waals surface area contributed by atoms with Crippen molar-refractivity contribution in [1.82, 2.24) is 0 Å². The number of aliphatic hydroxyl groups is 8. The number of terminal acetylenes is 2. The molecular weight excluding hydrogens is 1400 g/mol. The molecule has 0 aliphatic carbocycles. The molecule has 6 rings (SSSR count). The lowest BCUT2D eigenvalue weighted by molar-refractivity contribution is -0.376. The molecule has 10 unspecified atom stereocenters. The summed E-state index contributed by atoms with van der Waals surface area (Å²) in [5, 5.41) is 113. The lowest BCUT2D eigenvalue weighted by Crippen LogP contribution is -2.66. The highest BCUT2D eigenvalue weighted by Gasteiger charge is 2.56. The number of carbonyl (C=O) groups is 3. The number of methoxy groups -OCH3 is 2. The van der Waals surface area contributed by atoms with Crippen molar-refractivity contribution in [3.63, 3.8) is 0 Å². The Morgan fingerprint density at radius 3 is 1.11 bits per heavy atom. The fourth-order valence-corrected chi connectivity index (χ4v) is 10.9. The van der Waals surface area contributed by atoms with Crippen LogP contribution in [-0.4, -0.2) is 330 Å². The number of hydrogen-bond donors (Lipinski definition) is 9. The predicted octanol–water partition coefficient (Wildman–Crippen LogP) is -14.1. The lowest BCUT2D eigenvalue weighted by Gasteiger charge is -2.48. The summed E-state index contributed by atoms with van der Waals surface area (Å²) < 4.78 is 212. The number of nitrogens with zero attached hydrogens (tertiary/aromatic N) is 1. The Labute approximate surface area is 539 Å². The van der Waals surface area contributed by atoms with Crippen LogP contribution in [0.15, 0.2) is 5.16 Å². The zero-order valence-corrected chi connectivity index (χ0v) is 52.5. The third-order valence-corrected chi connectivity index (χ3v) is 15.9. The molecular formula is C46H66N2O43S4-6. The zero-order chi connectivity index (χ0) is 71.8. The van der Waals surface area contributed by atoms with E-state index in [-0.39, 0.29) is 19.5 Å². The van der Waals surface area contributed by atoms with Gasteiger partial charge in [0.05, 0.1) is 56.8 Å². The highest BCUT2D eigenvalue weighted by atomic mass is 32.3. The molecule has 10 N–H and O–H groups in total. The minimum absolute atomic E-state index is 0.103. The summed E-state index contributed by atoms with van der Waals surface area (Å²) in [6.45, 7) is -1.41. The van der Waals surface area contributed by atoms with E-state index in [1.54, 1.807) is 0 Å². The van der Waals surface area contributed by atoms with Gasteiger partial charge < -0.3 is 145 Å². The standard InChI is InChI=1S/C23H35NO21S2.C20H32O21S2.C3H5NO/c1-4-5-38-24-6-10-14(26)18(12(41-10)8-40-47(34,35)36)43-23-16(28)15(27)19(20(45-23)21(29)30)44-22-9(2)13(25)17(37-3)11(42-22)7-39-46(31,32)33;1-6-10(22)14(34-2)8(4-35-42(28,29)30)38-19(6)40-16-12(24)13(25)20(41-17(16)18(26)27)39-15-9(5-36-43(31,32)33)37-7(3-21)11(15)23;1-2-3-5-4/h1,6,9-20,22-23,25-28H,5,7-8H2,2-3H3,(H,29,30)(H,31,32,33)(H,34,35,36);3,6-17,19-20,22-25H,4-5H2,1-2H3,(H,26,27)(H,28,29,30)(H,31,32,33);1H,3-4H2/p-6/b24-6-;;/t9?,10-,11?,12+,13+,14+,15+,16?,17+,18?,19-,20?,22+,23+;6?,7-,8?,9+,10+,11+,12+,13?,14+,15?,16-,17?,19+,20+;/m00./s1. The van der Waals surface area contributed by atoms with Gasteiger partial charge in [0, 0.05) is 26.1 Å². The van der Waals surface area contributed by atoms with Crippen LogP contribution in [0.25, 0.3) is 0 Å². The number of hydrogen-bond acceptors (Lipinski definition) is 45. The van der Waals surface area contributed by atoms with Crippen LogP contribution in [0.4, 0.5) is 0 Å². The van der Waals surface area contributed by atoms with Crippen molar-refractivity contribution in [2.75, 3.05) is 53.9 Å². The van der Waals surface area contributed by atoms with E-state index in [1.165, 1.54) is 13.8 Å². The number of carboxylic acid groups (broad SMARTS) is 2. The summed E-state index contributed by atoms with van der Waals surface area (Å²) in [5.41, 5.74) is 0. The van der Waals surface area contributed by atoms with Crippen LogP contribution < -0.4 is 16.1 Å². The first-order chi connectivity index (χ1) is 44.2. The molecule has 0 aromatic heterocycles. The first-order valence-electron chi connectivity index (χ1n) is 26.8.